The molecule has 2 rings (SSSR count). The molecule has 1 aromatic rings. The number of hydrogen-bond acceptors (Lipinski definition) is 4. The zero-order valence-corrected chi connectivity index (χ0v) is 21.1. The number of nitrogens with one attached hydrogen (secondary N) is 2. The van der Waals surface area contributed by atoms with Crippen molar-refractivity contribution in [3.63, 3.8) is 0 Å². The van der Waals surface area contributed by atoms with Gasteiger partial charge in [-0.1, -0.05) is 31.5 Å². The molecular weight excluding hydrogens is 499 g/mol. The van der Waals surface area contributed by atoms with Gasteiger partial charge in [0.25, 0.3) is 0 Å². The van der Waals surface area contributed by atoms with Gasteiger partial charge < -0.3 is 15.5 Å². The summed E-state index contributed by atoms with van der Waals surface area (Å²) in [4.78, 5) is 7.19. The Morgan fingerprint density at radius 1 is 1.28 bits per heavy atom. The molecule has 2 unspecified atom stereocenters. The molecule has 0 spiro atoms. The SMILES string of the molecule is CCC(CS(=O)(=O)c1ccccc1)NC(=NC)NCCCN1CCCCC1C.I. The third-order valence-electron chi connectivity index (χ3n) is 5.44. The molecule has 6 nitrogen and oxygen atoms in total. The summed E-state index contributed by atoms with van der Waals surface area (Å²) >= 11 is 0. The molecule has 0 saturated carbocycles. The van der Waals surface area contributed by atoms with Gasteiger partial charge in [0.15, 0.2) is 15.8 Å². The van der Waals surface area contributed by atoms with Crippen molar-refractivity contribution in [1.29, 1.82) is 0 Å². The molecule has 1 aliphatic heterocycles. The summed E-state index contributed by atoms with van der Waals surface area (Å²) in [5.41, 5.74) is 0. The second-order valence-corrected chi connectivity index (χ2v) is 9.61. The molecule has 29 heavy (non-hydrogen) atoms. The molecule has 1 aromatic carbocycles. The van der Waals surface area contributed by atoms with E-state index in [1.54, 1.807) is 31.3 Å². The van der Waals surface area contributed by atoms with E-state index >= 15 is 0 Å². The summed E-state index contributed by atoms with van der Waals surface area (Å²) < 4.78 is 25.3. The van der Waals surface area contributed by atoms with Crippen LogP contribution in [0.5, 0.6) is 0 Å². The predicted molar refractivity (Wildman–Crippen MR) is 132 cm³/mol. The van der Waals surface area contributed by atoms with Crippen LogP contribution in [0.3, 0.4) is 0 Å². The Morgan fingerprint density at radius 2 is 2.00 bits per heavy atom. The molecule has 2 atom stereocenters. The molecule has 0 aromatic heterocycles. The zero-order chi connectivity index (χ0) is 20.4. The third-order valence-corrected chi connectivity index (χ3v) is 7.27. The van der Waals surface area contributed by atoms with Crippen LogP contribution in [0.15, 0.2) is 40.2 Å². The molecule has 1 fully saturated rings. The number of piperidine rings is 1. The minimum Gasteiger partial charge on any atom is -0.356 e. The minimum absolute atomic E-state index is 0. The number of rotatable bonds is 9. The maximum absolute atomic E-state index is 12.6. The summed E-state index contributed by atoms with van der Waals surface area (Å²) in [7, 11) is -1.60. The van der Waals surface area contributed by atoms with E-state index in [2.05, 4.69) is 27.4 Å². The van der Waals surface area contributed by atoms with E-state index in [1.165, 1.54) is 25.8 Å². The number of hydrogen-bond donors (Lipinski definition) is 2. The fourth-order valence-corrected chi connectivity index (χ4v) is 5.23. The largest absolute Gasteiger partial charge is 0.356 e. The normalized spacial score (nSPS) is 19.3. The van der Waals surface area contributed by atoms with E-state index < -0.39 is 9.84 Å². The van der Waals surface area contributed by atoms with Crippen molar-refractivity contribution in [3.05, 3.63) is 30.3 Å². The maximum atomic E-state index is 12.6. The fourth-order valence-electron chi connectivity index (χ4n) is 3.62. The van der Waals surface area contributed by atoms with E-state index in [4.69, 9.17) is 0 Å². The average Bonchev–Trinajstić information content (AvgIpc) is 2.71. The zero-order valence-electron chi connectivity index (χ0n) is 17.9. The molecule has 0 amide bonds. The third kappa shape index (κ3) is 8.80. The van der Waals surface area contributed by atoms with Crippen molar-refractivity contribution < 1.29 is 8.42 Å². The monoisotopic (exact) mass is 536 g/mol. The summed E-state index contributed by atoms with van der Waals surface area (Å²) in [6.45, 7) is 7.41. The van der Waals surface area contributed by atoms with Gasteiger partial charge in [-0.25, -0.2) is 8.42 Å². The van der Waals surface area contributed by atoms with E-state index in [9.17, 15) is 8.42 Å². The van der Waals surface area contributed by atoms with Crippen LogP contribution in [-0.4, -0.2) is 63.8 Å². The van der Waals surface area contributed by atoms with Gasteiger partial charge in [-0.2, -0.15) is 0 Å². The fraction of sp³-hybridized carbons (Fsp3) is 0.667. The van der Waals surface area contributed by atoms with Crippen molar-refractivity contribution >= 4 is 39.8 Å². The van der Waals surface area contributed by atoms with Gasteiger partial charge in [-0.05, 0) is 51.3 Å². The molecule has 0 bridgehead atoms. The van der Waals surface area contributed by atoms with Crippen LogP contribution < -0.4 is 10.6 Å². The number of aliphatic imine (C=N–C) groups is 1. The van der Waals surface area contributed by atoms with Crippen molar-refractivity contribution in [3.8, 4) is 0 Å². The Bertz CT molecular complexity index is 713. The lowest BCUT2D eigenvalue weighted by molar-refractivity contribution is 0.159. The molecule has 0 aliphatic carbocycles. The van der Waals surface area contributed by atoms with Crippen molar-refractivity contribution in [1.82, 2.24) is 15.5 Å². The highest BCUT2D eigenvalue weighted by Gasteiger charge is 2.21. The van der Waals surface area contributed by atoms with Gasteiger partial charge in [0, 0.05) is 32.2 Å². The Morgan fingerprint density at radius 3 is 2.62 bits per heavy atom. The highest BCUT2D eigenvalue weighted by molar-refractivity contribution is 14.0. The molecule has 2 N–H and O–H groups in total. The first kappa shape index (κ1) is 26.2. The second-order valence-electron chi connectivity index (χ2n) is 7.58. The first-order valence-electron chi connectivity index (χ1n) is 10.4. The van der Waals surface area contributed by atoms with E-state index in [-0.39, 0.29) is 35.8 Å². The number of halogens is 1. The molecule has 166 valence electrons. The number of guanidine groups is 1. The van der Waals surface area contributed by atoms with E-state index in [0.717, 1.165) is 19.5 Å². The van der Waals surface area contributed by atoms with Gasteiger partial charge in [0.2, 0.25) is 0 Å². The van der Waals surface area contributed by atoms with Crippen molar-refractivity contribution in [2.75, 3.05) is 32.4 Å². The van der Waals surface area contributed by atoms with Crippen LogP contribution in [0.4, 0.5) is 0 Å². The Labute approximate surface area is 193 Å². The van der Waals surface area contributed by atoms with E-state index in [1.807, 2.05) is 13.0 Å². The highest BCUT2D eigenvalue weighted by atomic mass is 127. The van der Waals surface area contributed by atoms with Gasteiger partial charge >= 0.3 is 0 Å². The highest BCUT2D eigenvalue weighted by Crippen LogP contribution is 2.16. The summed E-state index contributed by atoms with van der Waals surface area (Å²) in [6, 6.07) is 9.13. The molecule has 0 radical (unpaired) electrons. The lowest BCUT2D eigenvalue weighted by Crippen LogP contribution is -2.46. The Hall–Kier alpha value is -0.870. The van der Waals surface area contributed by atoms with Crippen LogP contribution in [0.1, 0.15) is 46.0 Å². The standard InChI is InChI=1S/C21H36N4O2S.HI/c1-4-19(17-28(26,27)20-12-6-5-7-13-20)24-21(22-3)23-14-10-16-25-15-9-8-11-18(25)2;/h5-7,12-13,18-19H,4,8-11,14-17H2,1-3H3,(H2,22,23,24);1H. The number of likely N-dealkylation sites (tertiary alicyclic amines) is 1. The first-order chi connectivity index (χ1) is 13.5. The van der Waals surface area contributed by atoms with Crippen LogP contribution in [-0.2, 0) is 9.84 Å². The Kier molecular flexibility index (Phi) is 12.1. The van der Waals surface area contributed by atoms with Crippen molar-refractivity contribution in [2.45, 2.75) is 62.9 Å². The molecule has 1 saturated heterocycles. The molecule has 1 aliphatic rings. The molecule has 1 heterocycles. The van der Waals surface area contributed by atoms with Gasteiger partial charge in [-0.3, -0.25) is 4.99 Å². The van der Waals surface area contributed by atoms with Gasteiger partial charge in [0.1, 0.15) is 0 Å². The topological polar surface area (TPSA) is 73.8 Å². The molecular formula is C21H37IN4O2S. The van der Waals surface area contributed by atoms with Gasteiger partial charge in [-0.15, -0.1) is 24.0 Å². The van der Waals surface area contributed by atoms with Crippen molar-refractivity contribution in [2.24, 2.45) is 4.99 Å². The number of benzene rings is 1. The number of nitrogens with zero attached hydrogens (tertiary/aromatic N) is 2. The van der Waals surface area contributed by atoms with Crippen LogP contribution in [0.25, 0.3) is 0 Å². The second kappa shape index (κ2) is 13.4. The summed E-state index contributed by atoms with van der Waals surface area (Å²) in [5, 5.41) is 6.60. The van der Waals surface area contributed by atoms with Crippen LogP contribution in [0.2, 0.25) is 0 Å². The summed E-state index contributed by atoms with van der Waals surface area (Å²) in [5.74, 6) is 0.723. The first-order valence-corrected chi connectivity index (χ1v) is 12.1. The minimum atomic E-state index is -3.32. The average molecular weight is 537 g/mol. The van der Waals surface area contributed by atoms with Crippen LogP contribution in [0, 0.1) is 0 Å². The smallest absolute Gasteiger partial charge is 0.191 e. The lowest BCUT2D eigenvalue weighted by Gasteiger charge is -2.33. The summed E-state index contributed by atoms with van der Waals surface area (Å²) in [6.07, 6.45) is 5.69. The lowest BCUT2D eigenvalue weighted by atomic mass is 10.0. The number of sulfone groups is 1. The van der Waals surface area contributed by atoms with Crippen LogP contribution >= 0.6 is 24.0 Å². The van der Waals surface area contributed by atoms with Gasteiger partial charge in [0.05, 0.1) is 10.6 Å². The molecule has 8 heteroatoms. The van der Waals surface area contributed by atoms with E-state index in [0.29, 0.717) is 23.3 Å². The maximum Gasteiger partial charge on any atom is 0.191 e. The predicted octanol–water partition coefficient (Wildman–Crippen LogP) is 3.29. The quantitative estimate of drug-likeness (QED) is 0.219. The Balaban J connectivity index is 0.00000420.